The SMILES string of the molecule is C[C@@H](NC(=O)c1ccc(=O)n(-c2cccc(-c3cccc(=O)n3C)c2)n1)c1cc(N)cc(C(F)(F)F)c1. The number of nitrogen functional groups attached to an aromatic ring is 1. The lowest BCUT2D eigenvalue weighted by atomic mass is 10.0. The maximum atomic E-state index is 13.2. The molecule has 2 aromatic heterocycles. The van der Waals surface area contributed by atoms with Gasteiger partial charge in [0.05, 0.1) is 23.0 Å². The second-order valence-corrected chi connectivity index (χ2v) is 8.41. The largest absolute Gasteiger partial charge is 0.416 e. The van der Waals surface area contributed by atoms with Crippen molar-refractivity contribution in [2.75, 3.05) is 5.73 Å². The van der Waals surface area contributed by atoms with Crippen LogP contribution in [0.5, 0.6) is 0 Å². The second-order valence-electron chi connectivity index (χ2n) is 8.41. The number of nitrogens with one attached hydrogen (secondary N) is 1. The highest BCUT2D eigenvalue weighted by Gasteiger charge is 2.31. The molecule has 0 unspecified atom stereocenters. The molecule has 0 fully saturated rings. The van der Waals surface area contributed by atoms with Crippen molar-refractivity contribution in [3.8, 4) is 16.9 Å². The number of carbonyl (C=O) groups is 1. The van der Waals surface area contributed by atoms with Gasteiger partial charge in [-0.1, -0.05) is 18.2 Å². The number of anilines is 1. The Kier molecular flexibility index (Phi) is 6.71. The Morgan fingerprint density at radius 2 is 1.70 bits per heavy atom. The fraction of sp³-hybridized carbons (Fsp3) is 0.154. The minimum absolute atomic E-state index is 0.0894. The summed E-state index contributed by atoms with van der Waals surface area (Å²) >= 11 is 0. The second kappa shape index (κ2) is 9.76. The summed E-state index contributed by atoms with van der Waals surface area (Å²) in [5.74, 6) is -0.696. The molecule has 8 nitrogen and oxygen atoms in total. The van der Waals surface area contributed by atoms with E-state index in [4.69, 9.17) is 5.73 Å². The zero-order valence-corrected chi connectivity index (χ0v) is 19.8. The molecule has 0 saturated heterocycles. The van der Waals surface area contributed by atoms with Crippen molar-refractivity contribution >= 4 is 11.6 Å². The number of nitrogens with zero attached hydrogens (tertiary/aromatic N) is 3. The zero-order chi connectivity index (χ0) is 26.9. The molecule has 0 bridgehead atoms. The smallest absolute Gasteiger partial charge is 0.399 e. The van der Waals surface area contributed by atoms with Gasteiger partial charge >= 0.3 is 6.18 Å². The predicted octanol–water partition coefficient (Wildman–Crippen LogP) is 3.69. The van der Waals surface area contributed by atoms with E-state index in [0.717, 1.165) is 16.8 Å². The molecule has 4 aromatic rings. The van der Waals surface area contributed by atoms with Gasteiger partial charge < -0.3 is 15.6 Å². The summed E-state index contributed by atoms with van der Waals surface area (Å²) in [4.78, 5) is 37.5. The summed E-state index contributed by atoms with van der Waals surface area (Å²) in [6, 6.07) is 16.2. The van der Waals surface area contributed by atoms with Crippen molar-refractivity contribution in [2.45, 2.75) is 19.1 Å². The molecule has 0 aliphatic rings. The third kappa shape index (κ3) is 5.45. The molecular weight excluding hydrogens is 487 g/mol. The van der Waals surface area contributed by atoms with Gasteiger partial charge in [-0.25, -0.2) is 0 Å². The van der Waals surface area contributed by atoms with E-state index in [0.29, 0.717) is 16.9 Å². The summed E-state index contributed by atoms with van der Waals surface area (Å²) in [6.07, 6.45) is -4.59. The van der Waals surface area contributed by atoms with E-state index in [1.807, 2.05) is 0 Å². The Bertz CT molecular complexity index is 1610. The number of hydrogen-bond acceptors (Lipinski definition) is 5. The van der Waals surface area contributed by atoms with Gasteiger partial charge in [0, 0.05) is 30.4 Å². The fourth-order valence-corrected chi connectivity index (χ4v) is 3.81. The van der Waals surface area contributed by atoms with Crippen LogP contribution in [0.25, 0.3) is 16.9 Å². The lowest BCUT2D eigenvalue weighted by Crippen LogP contribution is -2.31. The maximum Gasteiger partial charge on any atom is 0.416 e. The van der Waals surface area contributed by atoms with Gasteiger partial charge in [-0.15, -0.1) is 0 Å². The molecule has 0 spiro atoms. The number of hydrogen-bond donors (Lipinski definition) is 2. The molecule has 1 atom stereocenters. The lowest BCUT2D eigenvalue weighted by Gasteiger charge is -2.17. The van der Waals surface area contributed by atoms with Gasteiger partial charge in [0.15, 0.2) is 0 Å². The Labute approximate surface area is 208 Å². The minimum atomic E-state index is -4.59. The summed E-state index contributed by atoms with van der Waals surface area (Å²) in [6.45, 7) is 1.51. The highest BCUT2D eigenvalue weighted by molar-refractivity contribution is 5.92. The summed E-state index contributed by atoms with van der Waals surface area (Å²) in [5.41, 5.74) is 5.57. The molecule has 0 saturated carbocycles. The van der Waals surface area contributed by atoms with Crippen molar-refractivity contribution < 1.29 is 18.0 Å². The first kappa shape index (κ1) is 25.4. The number of amides is 1. The normalized spacial score (nSPS) is 12.2. The van der Waals surface area contributed by atoms with Crippen LogP contribution in [0.1, 0.15) is 34.6 Å². The van der Waals surface area contributed by atoms with Crippen LogP contribution in [-0.2, 0) is 13.2 Å². The number of carbonyl (C=O) groups excluding carboxylic acids is 1. The number of rotatable bonds is 5. The number of benzene rings is 2. The van der Waals surface area contributed by atoms with E-state index in [2.05, 4.69) is 10.4 Å². The van der Waals surface area contributed by atoms with E-state index >= 15 is 0 Å². The minimum Gasteiger partial charge on any atom is -0.399 e. The topological polar surface area (TPSA) is 112 Å². The Hall–Kier alpha value is -4.67. The first-order valence-corrected chi connectivity index (χ1v) is 11.1. The molecule has 0 aliphatic heterocycles. The van der Waals surface area contributed by atoms with Crippen molar-refractivity contribution in [3.05, 3.63) is 110 Å². The first-order valence-electron chi connectivity index (χ1n) is 11.1. The van der Waals surface area contributed by atoms with Crippen LogP contribution < -0.4 is 22.2 Å². The number of pyridine rings is 1. The molecule has 37 heavy (non-hydrogen) atoms. The number of aromatic nitrogens is 3. The molecule has 0 radical (unpaired) electrons. The predicted molar refractivity (Wildman–Crippen MR) is 132 cm³/mol. The van der Waals surface area contributed by atoms with Gasteiger partial charge in [0.1, 0.15) is 5.69 Å². The molecule has 1 amide bonds. The van der Waals surface area contributed by atoms with Crippen LogP contribution in [-0.4, -0.2) is 20.3 Å². The van der Waals surface area contributed by atoms with E-state index in [9.17, 15) is 27.6 Å². The van der Waals surface area contributed by atoms with Crippen LogP contribution in [0.3, 0.4) is 0 Å². The van der Waals surface area contributed by atoms with E-state index < -0.39 is 29.2 Å². The molecule has 2 aromatic carbocycles. The fourth-order valence-electron chi connectivity index (χ4n) is 3.81. The number of alkyl halides is 3. The highest BCUT2D eigenvalue weighted by atomic mass is 19.4. The summed E-state index contributed by atoms with van der Waals surface area (Å²) < 4.78 is 42.0. The number of nitrogens with two attached hydrogens (primary N) is 1. The number of halogens is 3. The molecule has 11 heteroatoms. The lowest BCUT2D eigenvalue weighted by molar-refractivity contribution is -0.137. The quantitative estimate of drug-likeness (QED) is 0.399. The van der Waals surface area contributed by atoms with Gasteiger partial charge in [-0.2, -0.15) is 23.0 Å². The zero-order valence-electron chi connectivity index (χ0n) is 19.8. The van der Waals surface area contributed by atoms with Crippen LogP contribution in [0.2, 0.25) is 0 Å². The molecule has 3 N–H and O–H groups in total. The summed E-state index contributed by atoms with van der Waals surface area (Å²) in [7, 11) is 1.62. The molecule has 190 valence electrons. The average molecular weight is 509 g/mol. The molecular formula is C26H22F3N5O3. The Morgan fingerprint density at radius 1 is 0.973 bits per heavy atom. The van der Waals surface area contributed by atoms with Gasteiger partial charge in [-0.05, 0) is 55.0 Å². The van der Waals surface area contributed by atoms with Crippen molar-refractivity contribution in [2.24, 2.45) is 7.05 Å². The van der Waals surface area contributed by atoms with E-state index in [1.165, 1.54) is 35.8 Å². The summed E-state index contributed by atoms with van der Waals surface area (Å²) in [5, 5.41) is 6.75. The van der Waals surface area contributed by atoms with Crippen LogP contribution in [0, 0.1) is 0 Å². The maximum absolute atomic E-state index is 13.2. The van der Waals surface area contributed by atoms with Crippen molar-refractivity contribution in [1.82, 2.24) is 19.7 Å². The van der Waals surface area contributed by atoms with Crippen LogP contribution in [0.4, 0.5) is 18.9 Å². The van der Waals surface area contributed by atoms with E-state index in [-0.39, 0.29) is 22.5 Å². The van der Waals surface area contributed by atoms with Crippen LogP contribution in [0.15, 0.2) is 82.4 Å². The third-order valence-corrected chi connectivity index (χ3v) is 5.76. The van der Waals surface area contributed by atoms with Crippen molar-refractivity contribution in [3.63, 3.8) is 0 Å². The molecule has 0 aliphatic carbocycles. The monoisotopic (exact) mass is 509 g/mol. The van der Waals surface area contributed by atoms with Gasteiger partial charge in [0.2, 0.25) is 0 Å². The van der Waals surface area contributed by atoms with Crippen LogP contribution >= 0.6 is 0 Å². The standard InChI is InChI=1S/C26H22F3N5O3/c1-15(17-11-18(26(27,28)29)14-19(30)12-17)31-25(37)21-9-10-24(36)34(32-21)20-6-3-5-16(13-20)22-7-4-8-23(35)33(22)2/h3-15H,30H2,1-2H3,(H,31,37)/t15-/m1/s1. The average Bonchev–Trinajstić information content (AvgIpc) is 2.85. The third-order valence-electron chi connectivity index (χ3n) is 5.76. The molecule has 2 heterocycles. The Morgan fingerprint density at radius 3 is 2.43 bits per heavy atom. The first-order chi connectivity index (χ1) is 17.4. The van der Waals surface area contributed by atoms with Crippen molar-refractivity contribution in [1.29, 1.82) is 0 Å². The van der Waals surface area contributed by atoms with Gasteiger partial charge in [-0.3, -0.25) is 14.4 Å². The van der Waals surface area contributed by atoms with Gasteiger partial charge in [0.25, 0.3) is 17.0 Å². The highest BCUT2D eigenvalue weighted by Crippen LogP contribution is 2.32. The Balaban J connectivity index is 1.64. The van der Waals surface area contributed by atoms with E-state index in [1.54, 1.807) is 43.4 Å². The molecule has 4 rings (SSSR count).